The molecule has 2 aliphatic heterocycles. The lowest BCUT2D eigenvalue weighted by molar-refractivity contribution is 0.0643. The van der Waals surface area contributed by atoms with E-state index in [1.54, 1.807) is 24.7 Å². The minimum Gasteiger partial charge on any atom is -0.338 e. The number of amides is 2. The first-order chi connectivity index (χ1) is 13.1. The molecule has 1 unspecified atom stereocenters. The number of nitrogens with zero attached hydrogens (tertiary/aromatic N) is 5. The van der Waals surface area contributed by atoms with E-state index in [9.17, 15) is 9.59 Å². The van der Waals surface area contributed by atoms with Crippen LogP contribution >= 0.6 is 0 Å². The van der Waals surface area contributed by atoms with Gasteiger partial charge in [0.15, 0.2) is 5.82 Å². The number of nitrogens with one attached hydrogen (secondary N) is 1. The number of carbonyl (C=O) groups is 2. The molecule has 4 heterocycles. The Hall–Kier alpha value is -2.77. The van der Waals surface area contributed by atoms with E-state index < -0.39 is 0 Å². The first-order valence-corrected chi connectivity index (χ1v) is 9.49. The Kier molecular flexibility index (Phi) is 4.87. The van der Waals surface area contributed by atoms with E-state index in [0.717, 1.165) is 51.1 Å². The van der Waals surface area contributed by atoms with Crippen molar-refractivity contribution in [2.24, 2.45) is 11.8 Å². The zero-order chi connectivity index (χ0) is 18.8. The number of piperidine rings is 1. The fourth-order valence-corrected chi connectivity index (χ4v) is 4.15. The second kappa shape index (κ2) is 7.46. The van der Waals surface area contributed by atoms with Gasteiger partial charge < -0.3 is 14.8 Å². The molecular formula is C19H24N6O2. The predicted molar refractivity (Wildman–Crippen MR) is 98.0 cm³/mol. The molecule has 27 heavy (non-hydrogen) atoms. The Morgan fingerprint density at radius 3 is 2.30 bits per heavy atom. The van der Waals surface area contributed by atoms with Crippen molar-refractivity contribution < 1.29 is 9.59 Å². The summed E-state index contributed by atoms with van der Waals surface area (Å²) < 4.78 is 0. The molecule has 2 aromatic rings. The van der Waals surface area contributed by atoms with Gasteiger partial charge in [-0.1, -0.05) is 0 Å². The van der Waals surface area contributed by atoms with Crippen molar-refractivity contribution in [3.63, 3.8) is 0 Å². The average Bonchev–Trinajstić information content (AvgIpc) is 3.37. The summed E-state index contributed by atoms with van der Waals surface area (Å²) >= 11 is 0. The number of likely N-dealkylation sites (tertiary alicyclic amines) is 2. The van der Waals surface area contributed by atoms with Gasteiger partial charge in [0.25, 0.3) is 11.8 Å². The van der Waals surface area contributed by atoms with Gasteiger partial charge in [0.05, 0.1) is 0 Å². The van der Waals surface area contributed by atoms with E-state index in [4.69, 9.17) is 0 Å². The van der Waals surface area contributed by atoms with Crippen molar-refractivity contribution in [2.45, 2.75) is 26.2 Å². The van der Waals surface area contributed by atoms with Crippen LogP contribution in [0, 0.1) is 18.8 Å². The van der Waals surface area contributed by atoms with E-state index >= 15 is 0 Å². The molecule has 0 radical (unpaired) electrons. The van der Waals surface area contributed by atoms with Gasteiger partial charge in [-0.25, -0.2) is 15.0 Å². The highest BCUT2D eigenvalue weighted by Gasteiger charge is 2.35. The third kappa shape index (κ3) is 3.70. The van der Waals surface area contributed by atoms with Crippen LogP contribution < -0.4 is 0 Å². The highest BCUT2D eigenvalue weighted by Crippen LogP contribution is 2.32. The van der Waals surface area contributed by atoms with Crippen LogP contribution in [0.15, 0.2) is 24.7 Å². The molecule has 0 saturated carbocycles. The fourth-order valence-electron chi connectivity index (χ4n) is 4.15. The normalized spacial score (nSPS) is 20.9. The van der Waals surface area contributed by atoms with E-state index in [1.165, 1.54) is 0 Å². The van der Waals surface area contributed by atoms with Gasteiger partial charge in [-0.2, -0.15) is 0 Å². The quantitative estimate of drug-likeness (QED) is 0.886. The highest BCUT2D eigenvalue weighted by atomic mass is 16.2. The average molecular weight is 368 g/mol. The number of carbonyl (C=O) groups excluding carboxylic acids is 2. The van der Waals surface area contributed by atoms with Crippen molar-refractivity contribution in [1.29, 1.82) is 0 Å². The van der Waals surface area contributed by atoms with E-state index in [0.29, 0.717) is 17.7 Å². The summed E-state index contributed by atoms with van der Waals surface area (Å²) in [5.41, 5.74) is 0.897. The number of aryl methyl sites for hydroxylation is 1. The molecule has 4 rings (SSSR count). The monoisotopic (exact) mass is 368 g/mol. The molecule has 2 amide bonds. The number of aromatic nitrogens is 4. The van der Waals surface area contributed by atoms with Crippen molar-refractivity contribution in [1.82, 2.24) is 29.7 Å². The lowest BCUT2D eigenvalue weighted by Crippen LogP contribution is -2.41. The molecule has 0 aromatic carbocycles. The maximum atomic E-state index is 12.6. The molecule has 1 atom stereocenters. The van der Waals surface area contributed by atoms with Gasteiger partial charge in [0.2, 0.25) is 5.82 Å². The number of imidazole rings is 1. The third-order valence-corrected chi connectivity index (χ3v) is 5.67. The first-order valence-electron chi connectivity index (χ1n) is 9.49. The van der Waals surface area contributed by atoms with E-state index in [-0.39, 0.29) is 17.6 Å². The molecular weight excluding hydrogens is 344 g/mol. The van der Waals surface area contributed by atoms with Crippen molar-refractivity contribution >= 4 is 11.8 Å². The zero-order valence-electron chi connectivity index (χ0n) is 15.5. The molecule has 2 fully saturated rings. The molecule has 8 heteroatoms. The van der Waals surface area contributed by atoms with Gasteiger partial charge in [-0.3, -0.25) is 9.59 Å². The molecule has 2 saturated heterocycles. The van der Waals surface area contributed by atoms with Gasteiger partial charge in [0.1, 0.15) is 0 Å². The molecule has 2 aliphatic rings. The SMILES string of the molecule is Cc1cnc(C(=O)N2CCC(C3CCN(C(=O)c4ncccn4)CC3)C2)[nH]1. The minimum atomic E-state index is -0.0922. The van der Waals surface area contributed by atoms with Crippen LogP contribution in [-0.4, -0.2) is 67.7 Å². The third-order valence-electron chi connectivity index (χ3n) is 5.67. The van der Waals surface area contributed by atoms with Crippen molar-refractivity contribution in [2.75, 3.05) is 26.2 Å². The minimum absolute atomic E-state index is 0.0144. The molecule has 0 aliphatic carbocycles. The Balaban J connectivity index is 1.30. The van der Waals surface area contributed by atoms with Crippen molar-refractivity contribution in [3.05, 3.63) is 42.0 Å². The highest BCUT2D eigenvalue weighted by molar-refractivity contribution is 5.91. The summed E-state index contributed by atoms with van der Waals surface area (Å²) in [6, 6.07) is 1.71. The summed E-state index contributed by atoms with van der Waals surface area (Å²) in [6.45, 7) is 4.90. The summed E-state index contributed by atoms with van der Waals surface area (Å²) in [5.74, 6) is 1.63. The molecule has 1 N–H and O–H groups in total. The van der Waals surface area contributed by atoms with E-state index in [1.807, 2.05) is 16.7 Å². The largest absolute Gasteiger partial charge is 0.338 e. The van der Waals surface area contributed by atoms with Crippen LogP contribution in [0.25, 0.3) is 0 Å². The number of aromatic amines is 1. The topological polar surface area (TPSA) is 95.1 Å². The smallest absolute Gasteiger partial charge is 0.291 e. The van der Waals surface area contributed by atoms with Crippen LogP contribution in [0.2, 0.25) is 0 Å². The van der Waals surface area contributed by atoms with Crippen LogP contribution in [0.5, 0.6) is 0 Å². The Morgan fingerprint density at radius 1 is 0.963 bits per heavy atom. The summed E-state index contributed by atoms with van der Waals surface area (Å²) in [6.07, 6.45) is 7.82. The predicted octanol–water partition coefficient (Wildman–Crippen LogP) is 1.52. The van der Waals surface area contributed by atoms with Crippen LogP contribution in [0.1, 0.15) is 46.2 Å². The van der Waals surface area contributed by atoms with Crippen molar-refractivity contribution in [3.8, 4) is 0 Å². The van der Waals surface area contributed by atoms with E-state index in [2.05, 4.69) is 19.9 Å². The second-order valence-corrected chi connectivity index (χ2v) is 7.42. The van der Waals surface area contributed by atoms with Gasteiger partial charge >= 0.3 is 0 Å². The number of H-pyrrole nitrogens is 1. The van der Waals surface area contributed by atoms with Crippen LogP contribution in [-0.2, 0) is 0 Å². The van der Waals surface area contributed by atoms with Gasteiger partial charge in [-0.15, -0.1) is 0 Å². The number of hydrogen-bond acceptors (Lipinski definition) is 5. The van der Waals surface area contributed by atoms with Gasteiger partial charge in [0, 0.05) is 50.5 Å². The maximum absolute atomic E-state index is 12.6. The Labute approximate surface area is 158 Å². The lowest BCUT2D eigenvalue weighted by atomic mass is 9.83. The molecule has 142 valence electrons. The second-order valence-electron chi connectivity index (χ2n) is 7.42. The Morgan fingerprint density at radius 2 is 1.63 bits per heavy atom. The molecule has 0 bridgehead atoms. The summed E-state index contributed by atoms with van der Waals surface area (Å²) in [4.78, 5) is 44.0. The van der Waals surface area contributed by atoms with Crippen LogP contribution in [0.3, 0.4) is 0 Å². The maximum Gasteiger partial charge on any atom is 0.291 e. The Bertz CT molecular complexity index is 813. The summed E-state index contributed by atoms with van der Waals surface area (Å²) in [5, 5.41) is 0. The molecule has 8 nitrogen and oxygen atoms in total. The number of hydrogen-bond donors (Lipinski definition) is 1. The fraction of sp³-hybridized carbons (Fsp3) is 0.526. The lowest BCUT2D eigenvalue weighted by Gasteiger charge is -2.34. The standard InChI is InChI=1S/C19H24N6O2/c1-13-11-22-17(23-13)19(27)25-10-5-15(12-25)14-3-8-24(9-4-14)18(26)16-20-6-2-7-21-16/h2,6-7,11,14-15H,3-5,8-10,12H2,1H3,(H,22,23). The first kappa shape index (κ1) is 17.6. The number of rotatable bonds is 3. The molecule has 0 spiro atoms. The molecule has 2 aromatic heterocycles. The summed E-state index contributed by atoms with van der Waals surface area (Å²) in [7, 11) is 0. The van der Waals surface area contributed by atoms with Crippen LogP contribution in [0.4, 0.5) is 0 Å². The van der Waals surface area contributed by atoms with Gasteiger partial charge in [-0.05, 0) is 44.1 Å². The zero-order valence-corrected chi connectivity index (χ0v) is 15.5.